The molecular formula is C29H40F3N3O. The Morgan fingerprint density at radius 3 is 2.64 bits per heavy atom. The van der Waals surface area contributed by atoms with E-state index in [1.807, 2.05) is 4.90 Å². The number of amides is 1. The molecule has 1 amide bonds. The lowest BCUT2D eigenvalue weighted by atomic mass is 9.78. The molecule has 4 nitrogen and oxygen atoms in total. The van der Waals surface area contributed by atoms with Gasteiger partial charge >= 0.3 is 6.18 Å². The van der Waals surface area contributed by atoms with Crippen LogP contribution in [-0.4, -0.2) is 45.9 Å². The van der Waals surface area contributed by atoms with Crippen LogP contribution in [0.25, 0.3) is 0 Å². The molecule has 7 heteroatoms. The van der Waals surface area contributed by atoms with Crippen LogP contribution in [0.2, 0.25) is 0 Å². The standard InChI is InChI=1S/C29H40F3N3O/c1-2-11-35(24-7-5-19-13-20(19)6-8-24)25-15-22-4-3-10-28(22,16-25)27(36)34-12-9-26-21(18-34)14-23(17-33-26)29(30,31)32/h14,17,19-20,22,24-25H,2-13,15-16,18H2,1H3/t19?,20?,22-,24?,25-,28-/m1/s1. The maximum Gasteiger partial charge on any atom is 0.417 e. The molecule has 1 aliphatic heterocycles. The zero-order valence-corrected chi connectivity index (χ0v) is 21.5. The summed E-state index contributed by atoms with van der Waals surface area (Å²) >= 11 is 0. The second-order valence-electron chi connectivity index (χ2n) is 12.4. The number of alkyl halides is 3. The molecule has 4 saturated carbocycles. The van der Waals surface area contributed by atoms with E-state index in [1.165, 1.54) is 38.2 Å². The fourth-order valence-electron chi connectivity index (χ4n) is 8.51. The van der Waals surface area contributed by atoms with Crippen LogP contribution in [0.5, 0.6) is 0 Å². The number of fused-ring (bicyclic) bond motifs is 3. The van der Waals surface area contributed by atoms with Gasteiger partial charge in [0.05, 0.1) is 11.0 Å². The van der Waals surface area contributed by atoms with Crippen molar-refractivity contribution in [3.05, 3.63) is 29.1 Å². The molecule has 0 radical (unpaired) electrons. The highest BCUT2D eigenvalue weighted by Gasteiger charge is 2.57. The van der Waals surface area contributed by atoms with Gasteiger partial charge in [0.1, 0.15) is 0 Å². The van der Waals surface area contributed by atoms with E-state index in [-0.39, 0.29) is 17.9 Å². The van der Waals surface area contributed by atoms with Gasteiger partial charge in [-0.15, -0.1) is 0 Å². The van der Waals surface area contributed by atoms with Gasteiger partial charge in [0.25, 0.3) is 0 Å². The Balaban J connectivity index is 1.20. The molecule has 0 saturated heterocycles. The van der Waals surface area contributed by atoms with Gasteiger partial charge in [-0.1, -0.05) is 13.3 Å². The van der Waals surface area contributed by atoms with E-state index >= 15 is 0 Å². The number of halogens is 3. The first-order chi connectivity index (χ1) is 17.3. The highest BCUT2D eigenvalue weighted by molar-refractivity contribution is 5.84. The minimum absolute atomic E-state index is 0.203. The monoisotopic (exact) mass is 503 g/mol. The predicted molar refractivity (Wildman–Crippen MR) is 132 cm³/mol. The molecule has 5 aliphatic rings. The fraction of sp³-hybridized carbons (Fsp3) is 0.793. The van der Waals surface area contributed by atoms with Crippen molar-refractivity contribution in [1.29, 1.82) is 0 Å². The molecule has 4 aliphatic carbocycles. The molecule has 6 rings (SSSR count). The molecule has 1 aromatic rings. The van der Waals surface area contributed by atoms with Gasteiger partial charge in [0.2, 0.25) is 5.91 Å². The van der Waals surface area contributed by atoms with Gasteiger partial charge in [0.15, 0.2) is 0 Å². The normalized spacial score (nSPS) is 35.8. The largest absolute Gasteiger partial charge is 0.417 e. The van der Waals surface area contributed by atoms with Crippen LogP contribution in [0.15, 0.2) is 12.3 Å². The highest BCUT2D eigenvalue weighted by atomic mass is 19.4. The quantitative estimate of drug-likeness (QED) is 0.478. The molecule has 5 atom stereocenters. The number of nitrogens with zero attached hydrogens (tertiary/aromatic N) is 3. The van der Waals surface area contributed by atoms with E-state index in [0.717, 1.165) is 63.1 Å². The van der Waals surface area contributed by atoms with Gasteiger partial charge in [0, 0.05) is 43.5 Å². The smallest absolute Gasteiger partial charge is 0.337 e. The van der Waals surface area contributed by atoms with Crippen LogP contribution in [0.1, 0.15) is 94.4 Å². The zero-order chi connectivity index (χ0) is 25.1. The van der Waals surface area contributed by atoms with Crippen molar-refractivity contribution in [1.82, 2.24) is 14.8 Å². The van der Waals surface area contributed by atoms with Crippen LogP contribution in [-0.2, 0) is 23.9 Å². The van der Waals surface area contributed by atoms with Crippen LogP contribution >= 0.6 is 0 Å². The van der Waals surface area contributed by atoms with Crippen LogP contribution in [0.4, 0.5) is 13.2 Å². The Hall–Kier alpha value is -1.63. The maximum atomic E-state index is 14.2. The Labute approximate surface area is 213 Å². The topological polar surface area (TPSA) is 36.4 Å². The van der Waals surface area contributed by atoms with Crippen molar-refractivity contribution < 1.29 is 18.0 Å². The Kier molecular flexibility index (Phi) is 6.37. The Bertz CT molecular complexity index is 984. The number of aromatic nitrogens is 1. The first-order valence-electron chi connectivity index (χ1n) is 14.4. The third-order valence-corrected chi connectivity index (χ3v) is 10.4. The van der Waals surface area contributed by atoms with Gasteiger partial charge in [-0.2, -0.15) is 13.2 Å². The summed E-state index contributed by atoms with van der Waals surface area (Å²) < 4.78 is 39.9. The molecule has 0 spiro atoms. The fourth-order valence-corrected chi connectivity index (χ4v) is 8.51. The lowest BCUT2D eigenvalue weighted by molar-refractivity contribution is -0.144. The highest BCUT2D eigenvalue weighted by Crippen LogP contribution is 2.57. The van der Waals surface area contributed by atoms with E-state index in [1.54, 1.807) is 0 Å². The first-order valence-corrected chi connectivity index (χ1v) is 14.4. The minimum atomic E-state index is -4.41. The van der Waals surface area contributed by atoms with Crippen molar-refractivity contribution in [2.24, 2.45) is 23.2 Å². The average molecular weight is 504 g/mol. The molecule has 36 heavy (non-hydrogen) atoms. The third-order valence-electron chi connectivity index (χ3n) is 10.4. The van der Waals surface area contributed by atoms with Crippen LogP contribution in [0, 0.1) is 23.2 Å². The molecule has 198 valence electrons. The van der Waals surface area contributed by atoms with E-state index in [0.29, 0.717) is 42.2 Å². The summed E-state index contributed by atoms with van der Waals surface area (Å²) in [5.74, 6) is 2.57. The van der Waals surface area contributed by atoms with Crippen molar-refractivity contribution in [3.63, 3.8) is 0 Å². The summed E-state index contributed by atoms with van der Waals surface area (Å²) in [4.78, 5) is 22.9. The lowest BCUT2D eigenvalue weighted by Gasteiger charge is -2.39. The molecule has 2 heterocycles. The molecule has 1 aromatic heterocycles. The zero-order valence-electron chi connectivity index (χ0n) is 21.5. The van der Waals surface area contributed by atoms with Crippen molar-refractivity contribution >= 4 is 5.91 Å². The van der Waals surface area contributed by atoms with Crippen LogP contribution in [0.3, 0.4) is 0 Å². The SMILES string of the molecule is CCCN(C1CCC2CC2CC1)[C@@H]1C[C@H]2CCC[C@@]2(C(=O)N2CCc3ncc(C(F)(F)F)cc3C2)C1. The molecule has 0 N–H and O–H groups in total. The summed E-state index contributed by atoms with van der Waals surface area (Å²) in [6.45, 7) is 4.21. The maximum absolute atomic E-state index is 14.2. The summed E-state index contributed by atoms with van der Waals surface area (Å²) in [6, 6.07) is 2.33. The molecule has 0 bridgehead atoms. The number of hydrogen-bond acceptors (Lipinski definition) is 3. The number of rotatable bonds is 5. The van der Waals surface area contributed by atoms with Crippen molar-refractivity contribution in [2.75, 3.05) is 13.1 Å². The van der Waals surface area contributed by atoms with Gasteiger partial charge in [-0.3, -0.25) is 14.7 Å². The Morgan fingerprint density at radius 1 is 1.14 bits per heavy atom. The van der Waals surface area contributed by atoms with Crippen LogP contribution < -0.4 is 0 Å². The number of pyridine rings is 1. The van der Waals surface area contributed by atoms with Gasteiger partial charge < -0.3 is 4.90 Å². The minimum Gasteiger partial charge on any atom is -0.337 e. The first kappa shape index (κ1) is 24.7. The summed E-state index contributed by atoms with van der Waals surface area (Å²) in [5.41, 5.74) is 0.229. The molecule has 2 unspecified atom stereocenters. The van der Waals surface area contributed by atoms with E-state index < -0.39 is 11.7 Å². The second-order valence-corrected chi connectivity index (χ2v) is 12.4. The van der Waals surface area contributed by atoms with Crippen molar-refractivity contribution in [3.8, 4) is 0 Å². The molecule has 0 aromatic carbocycles. The van der Waals surface area contributed by atoms with Gasteiger partial charge in [-0.05, 0) is 100 Å². The van der Waals surface area contributed by atoms with E-state index in [4.69, 9.17) is 0 Å². The summed E-state index contributed by atoms with van der Waals surface area (Å²) in [6.07, 6.45) is 10.2. The third kappa shape index (κ3) is 4.37. The van der Waals surface area contributed by atoms with Gasteiger partial charge in [-0.25, -0.2) is 0 Å². The predicted octanol–water partition coefficient (Wildman–Crippen LogP) is 6.22. The summed E-state index contributed by atoms with van der Waals surface area (Å²) in [7, 11) is 0. The number of carbonyl (C=O) groups is 1. The lowest BCUT2D eigenvalue weighted by Crippen LogP contribution is -2.48. The van der Waals surface area contributed by atoms with E-state index in [9.17, 15) is 18.0 Å². The average Bonchev–Trinajstić information content (AvgIpc) is 3.40. The van der Waals surface area contributed by atoms with E-state index in [2.05, 4.69) is 16.8 Å². The molecule has 4 fully saturated rings. The number of carbonyl (C=O) groups excluding carboxylic acids is 1. The van der Waals surface area contributed by atoms with Crippen molar-refractivity contribution in [2.45, 2.75) is 109 Å². The number of hydrogen-bond donors (Lipinski definition) is 0. The Morgan fingerprint density at radius 2 is 1.92 bits per heavy atom. The summed E-state index contributed by atoms with van der Waals surface area (Å²) in [5, 5.41) is 0. The molecular weight excluding hydrogens is 463 g/mol. The second kappa shape index (κ2) is 9.28.